The lowest BCUT2D eigenvalue weighted by Gasteiger charge is -2.45. The number of nitrogens with zero attached hydrogens (tertiary/aromatic N) is 4. The fourth-order valence-corrected chi connectivity index (χ4v) is 3.52. The Labute approximate surface area is 131 Å². The fraction of sp³-hybridized carbons (Fsp3) is 0.688. The van der Waals surface area contributed by atoms with Crippen LogP contribution in [0.4, 0.5) is 5.82 Å². The summed E-state index contributed by atoms with van der Waals surface area (Å²) in [5.74, 6) is 1.40. The van der Waals surface area contributed by atoms with Gasteiger partial charge in [-0.1, -0.05) is 0 Å². The van der Waals surface area contributed by atoms with Crippen LogP contribution in [-0.4, -0.2) is 60.9 Å². The van der Waals surface area contributed by atoms with Gasteiger partial charge in [-0.15, -0.1) is 5.10 Å². The number of anilines is 1. The maximum Gasteiger partial charge on any atom is 0.225 e. The standard InChI is InChI=1S/C16H24N4O2/c1-11-4-5-15(18-17-11)20-8-6-14-13(10-20)12(7-9-22-14)16(21)19(2)3/h4-5,12-14H,6-10H2,1-3H3/t12-,13-,14-/m1/s1. The average molecular weight is 304 g/mol. The van der Waals surface area contributed by atoms with Crippen LogP contribution in [0.3, 0.4) is 0 Å². The number of carbonyl (C=O) groups excluding carboxylic acids is 1. The van der Waals surface area contributed by atoms with E-state index in [2.05, 4.69) is 15.1 Å². The molecule has 2 aliphatic rings. The second-order valence-electron chi connectivity index (χ2n) is 6.47. The van der Waals surface area contributed by atoms with Crippen molar-refractivity contribution in [2.24, 2.45) is 11.8 Å². The van der Waals surface area contributed by atoms with E-state index in [1.165, 1.54) is 0 Å². The minimum absolute atomic E-state index is 0.0509. The topological polar surface area (TPSA) is 58.6 Å². The highest BCUT2D eigenvalue weighted by molar-refractivity contribution is 5.79. The van der Waals surface area contributed by atoms with Crippen molar-refractivity contribution in [3.8, 4) is 0 Å². The molecule has 0 spiro atoms. The third kappa shape index (κ3) is 2.92. The average Bonchev–Trinajstić information content (AvgIpc) is 2.53. The molecule has 3 atom stereocenters. The summed E-state index contributed by atoms with van der Waals surface area (Å²) in [4.78, 5) is 16.4. The number of fused-ring (bicyclic) bond motifs is 1. The van der Waals surface area contributed by atoms with Crippen LogP contribution in [0, 0.1) is 18.8 Å². The molecule has 0 saturated carbocycles. The fourth-order valence-electron chi connectivity index (χ4n) is 3.52. The molecular weight excluding hydrogens is 280 g/mol. The van der Waals surface area contributed by atoms with Crippen molar-refractivity contribution in [1.29, 1.82) is 0 Å². The number of amides is 1. The highest BCUT2D eigenvalue weighted by atomic mass is 16.5. The number of hydrogen-bond acceptors (Lipinski definition) is 5. The maximum absolute atomic E-state index is 12.5. The first-order valence-corrected chi connectivity index (χ1v) is 7.94. The molecule has 0 aliphatic carbocycles. The molecule has 0 bridgehead atoms. The second kappa shape index (κ2) is 6.20. The van der Waals surface area contributed by atoms with Crippen molar-refractivity contribution in [2.45, 2.75) is 25.9 Å². The van der Waals surface area contributed by atoms with Crippen molar-refractivity contribution in [3.05, 3.63) is 17.8 Å². The number of piperidine rings is 1. The van der Waals surface area contributed by atoms with E-state index in [0.29, 0.717) is 6.61 Å². The molecule has 120 valence electrons. The number of rotatable bonds is 2. The first-order valence-electron chi connectivity index (χ1n) is 7.94. The van der Waals surface area contributed by atoms with Gasteiger partial charge in [-0.25, -0.2) is 0 Å². The van der Waals surface area contributed by atoms with Crippen LogP contribution in [0.2, 0.25) is 0 Å². The number of carbonyl (C=O) groups is 1. The largest absolute Gasteiger partial charge is 0.378 e. The van der Waals surface area contributed by atoms with Crippen molar-refractivity contribution >= 4 is 11.7 Å². The number of ether oxygens (including phenoxy) is 1. The van der Waals surface area contributed by atoms with Crippen LogP contribution in [0.1, 0.15) is 18.5 Å². The Kier molecular flexibility index (Phi) is 4.29. The minimum Gasteiger partial charge on any atom is -0.378 e. The van der Waals surface area contributed by atoms with E-state index in [0.717, 1.165) is 37.4 Å². The summed E-state index contributed by atoms with van der Waals surface area (Å²) < 4.78 is 5.91. The summed E-state index contributed by atoms with van der Waals surface area (Å²) in [5.41, 5.74) is 0.917. The molecule has 2 saturated heterocycles. The van der Waals surface area contributed by atoms with Crippen molar-refractivity contribution < 1.29 is 9.53 Å². The number of aromatic nitrogens is 2. The molecule has 22 heavy (non-hydrogen) atoms. The summed E-state index contributed by atoms with van der Waals surface area (Å²) in [5, 5.41) is 8.43. The van der Waals surface area contributed by atoms with Crippen molar-refractivity contribution in [3.63, 3.8) is 0 Å². The van der Waals surface area contributed by atoms with Gasteiger partial charge in [0.15, 0.2) is 5.82 Å². The van der Waals surface area contributed by atoms with E-state index >= 15 is 0 Å². The zero-order chi connectivity index (χ0) is 15.7. The van der Waals surface area contributed by atoms with Crippen LogP contribution < -0.4 is 4.90 Å². The Bertz CT molecular complexity index is 531. The molecule has 2 aliphatic heterocycles. The summed E-state index contributed by atoms with van der Waals surface area (Å²) in [6, 6.07) is 3.99. The SMILES string of the molecule is Cc1ccc(N2CC[C@H]3OCC[C@@H](C(=O)N(C)C)[C@H]3C2)nn1. The van der Waals surface area contributed by atoms with E-state index < -0.39 is 0 Å². The van der Waals surface area contributed by atoms with E-state index in [-0.39, 0.29) is 23.8 Å². The molecule has 0 N–H and O–H groups in total. The molecule has 0 aromatic carbocycles. The maximum atomic E-state index is 12.5. The Balaban J connectivity index is 1.77. The molecule has 2 fully saturated rings. The van der Waals surface area contributed by atoms with Gasteiger partial charge in [0.05, 0.1) is 11.8 Å². The summed E-state index contributed by atoms with van der Waals surface area (Å²) in [6.07, 6.45) is 1.94. The van der Waals surface area contributed by atoms with Gasteiger partial charge in [-0.2, -0.15) is 5.10 Å². The van der Waals surface area contributed by atoms with Crippen LogP contribution in [-0.2, 0) is 9.53 Å². The Morgan fingerprint density at radius 2 is 2.14 bits per heavy atom. The molecule has 0 radical (unpaired) electrons. The minimum atomic E-state index is 0.0509. The molecular formula is C16H24N4O2. The Morgan fingerprint density at radius 1 is 1.32 bits per heavy atom. The molecule has 3 heterocycles. The Hall–Kier alpha value is -1.69. The predicted molar refractivity (Wildman–Crippen MR) is 83.6 cm³/mol. The lowest BCUT2D eigenvalue weighted by molar-refractivity contribution is -0.144. The van der Waals surface area contributed by atoms with Gasteiger partial charge in [0, 0.05) is 45.6 Å². The molecule has 1 aromatic heterocycles. The summed E-state index contributed by atoms with van der Waals surface area (Å²) in [6.45, 7) is 4.34. The summed E-state index contributed by atoms with van der Waals surface area (Å²) in [7, 11) is 3.66. The van der Waals surface area contributed by atoms with Gasteiger partial charge in [-0.3, -0.25) is 4.79 Å². The highest BCUT2D eigenvalue weighted by Gasteiger charge is 2.42. The first kappa shape index (κ1) is 15.2. The van der Waals surface area contributed by atoms with Gasteiger partial charge in [0.25, 0.3) is 0 Å². The number of aryl methyl sites for hydroxylation is 1. The van der Waals surface area contributed by atoms with E-state index in [1.807, 2.05) is 33.2 Å². The second-order valence-corrected chi connectivity index (χ2v) is 6.47. The van der Waals surface area contributed by atoms with Crippen molar-refractivity contribution in [2.75, 3.05) is 38.7 Å². The Morgan fingerprint density at radius 3 is 2.82 bits per heavy atom. The van der Waals surface area contributed by atoms with Crippen LogP contribution >= 0.6 is 0 Å². The third-order valence-corrected chi connectivity index (χ3v) is 4.74. The van der Waals surface area contributed by atoms with Gasteiger partial charge in [-0.05, 0) is 31.9 Å². The molecule has 3 rings (SSSR count). The van der Waals surface area contributed by atoms with E-state index in [4.69, 9.17) is 4.74 Å². The molecule has 6 nitrogen and oxygen atoms in total. The van der Waals surface area contributed by atoms with E-state index in [9.17, 15) is 4.79 Å². The normalized spacial score (nSPS) is 28.1. The third-order valence-electron chi connectivity index (χ3n) is 4.74. The van der Waals surface area contributed by atoms with Gasteiger partial charge in [0.1, 0.15) is 0 Å². The molecule has 1 aromatic rings. The van der Waals surface area contributed by atoms with Crippen LogP contribution in [0.15, 0.2) is 12.1 Å². The quantitative estimate of drug-likeness (QED) is 0.819. The monoisotopic (exact) mass is 304 g/mol. The highest BCUT2D eigenvalue weighted by Crippen LogP contribution is 2.35. The molecule has 1 amide bonds. The van der Waals surface area contributed by atoms with Crippen molar-refractivity contribution in [1.82, 2.24) is 15.1 Å². The van der Waals surface area contributed by atoms with Gasteiger partial charge >= 0.3 is 0 Å². The van der Waals surface area contributed by atoms with Crippen LogP contribution in [0.5, 0.6) is 0 Å². The zero-order valence-corrected chi connectivity index (χ0v) is 13.5. The first-order chi connectivity index (χ1) is 10.6. The number of hydrogen-bond donors (Lipinski definition) is 0. The zero-order valence-electron chi connectivity index (χ0n) is 13.5. The predicted octanol–water partition coefficient (Wildman–Crippen LogP) is 1.10. The van der Waals surface area contributed by atoms with E-state index in [1.54, 1.807) is 4.90 Å². The lowest BCUT2D eigenvalue weighted by atomic mass is 9.78. The lowest BCUT2D eigenvalue weighted by Crippen LogP contribution is -2.53. The van der Waals surface area contributed by atoms with Gasteiger partial charge in [0.2, 0.25) is 5.91 Å². The van der Waals surface area contributed by atoms with Crippen LogP contribution in [0.25, 0.3) is 0 Å². The van der Waals surface area contributed by atoms with Gasteiger partial charge < -0.3 is 14.5 Å². The molecule has 0 unspecified atom stereocenters. The smallest absolute Gasteiger partial charge is 0.225 e. The summed E-state index contributed by atoms with van der Waals surface area (Å²) >= 11 is 0. The molecule has 6 heteroatoms.